The number of rotatable bonds is 4. The van der Waals surface area contributed by atoms with Gasteiger partial charge in [-0.2, -0.15) is 0 Å². The number of likely N-dealkylation sites (tertiary alicyclic amines) is 1. The fourth-order valence-corrected chi connectivity index (χ4v) is 3.76. The number of hydrogen-bond donors (Lipinski definition) is 2. The van der Waals surface area contributed by atoms with E-state index < -0.39 is 5.60 Å². The van der Waals surface area contributed by atoms with Crippen LogP contribution in [0.5, 0.6) is 0 Å². The lowest BCUT2D eigenvalue weighted by atomic mass is 9.85. The zero-order valence-corrected chi connectivity index (χ0v) is 16.2. The molecule has 6 heteroatoms. The van der Waals surface area contributed by atoms with Gasteiger partial charge in [-0.15, -0.1) is 0 Å². The molecule has 4 rings (SSSR count). The van der Waals surface area contributed by atoms with Crippen molar-refractivity contribution in [3.8, 4) is 11.3 Å². The molecule has 1 amide bonds. The maximum absolute atomic E-state index is 12.9. The van der Waals surface area contributed by atoms with Crippen molar-refractivity contribution in [2.45, 2.75) is 24.9 Å². The van der Waals surface area contributed by atoms with Gasteiger partial charge < -0.3 is 15.7 Å². The molecule has 0 bridgehead atoms. The maximum Gasteiger partial charge on any atom is 0.253 e. The Balaban J connectivity index is 1.39. The van der Waals surface area contributed by atoms with Gasteiger partial charge in [0, 0.05) is 30.6 Å². The molecule has 0 unspecified atom stereocenters. The maximum atomic E-state index is 12.9. The largest absolute Gasteiger partial charge is 0.389 e. The van der Waals surface area contributed by atoms with Crippen LogP contribution in [0.1, 0.15) is 28.8 Å². The molecule has 0 spiro atoms. The van der Waals surface area contributed by atoms with E-state index >= 15 is 0 Å². The number of carbonyl (C=O) groups is 1. The van der Waals surface area contributed by atoms with E-state index in [4.69, 9.17) is 5.73 Å². The molecule has 0 radical (unpaired) electrons. The second-order valence-electron chi connectivity index (χ2n) is 7.59. The Labute approximate surface area is 170 Å². The Morgan fingerprint density at radius 1 is 1.03 bits per heavy atom. The minimum atomic E-state index is -0.756. The molecular formula is C23H24N4O2. The number of benzene rings is 2. The van der Waals surface area contributed by atoms with Gasteiger partial charge in [-0.25, -0.2) is 4.98 Å². The molecule has 2 aromatic carbocycles. The predicted molar refractivity (Wildman–Crippen MR) is 112 cm³/mol. The molecule has 29 heavy (non-hydrogen) atoms. The quantitative estimate of drug-likeness (QED) is 0.717. The van der Waals surface area contributed by atoms with Crippen LogP contribution in [-0.2, 0) is 6.42 Å². The van der Waals surface area contributed by atoms with Crippen LogP contribution in [0.3, 0.4) is 0 Å². The van der Waals surface area contributed by atoms with E-state index in [1.165, 1.54) is 6.20 Å². The summed E-state index contributed by atoms with van der Waals surface area (Å²) < 4.78 is 0. The van der Waals surface area contributed by atoms with Gasteiger partial charge >= 0.3 is 0 Å². The molecule has 1 aliphatic heterocycles. The van der Waals surface area contributed by atoms with E-state index in [-0.39, 0.29) is 5.91 Å². The molecule has 6 nitrogen and oxygen atoms in total. The Morgan fingerprint density at radius 3 is 2.38 bits per heavy atom. The first-order chi connectivity index (χ1) is 14.0. The summed E-state index contributed by atoms with van der Waals surface area (Å²) in [6, 6.07) is 17.3. The highest BCUT2D eigenvalue weighted by atomic mass is 16.3. The highest BCUT2D eigenvalue weighted by Crippen LogP contribution is 2.27. The number of hydrogen-bond acceptors (Lipinski definition) is 5. The third-order valence-electron chi connectivity index (χ3n) is 5.44. The van der Waals surface area contributed by atoms with Crippen LogP contribution in [0.2, 0.25) is 0 Å². The topological polar surface area (TPSA) is 92.3 Å². The van der Waals surface area contributed by atoms with Crippen LogP contribution in [0.25, 0.3) is 11.3 Å². The highest BCUT2D eigenvalue weighted by Gasteiger charge is 2.34. The number of anilines is 1. The van der Waals surface area contributed by atoms with E-state index in [0.717, 1.165) is 11.1 Å². The van der Waals surface area contributed by atoms with Gasteiger partial charge in [-0.3, -0.25) is 9.78 Å². The van der Waals surface area contributed by atoms with Crippen molar-refractivity contribution in [2.24, 2.45) is 0 Å². The van der Waals surface area contributed by atoms with Crippen LogP contribution in [0.4, 0.5) is 5.82 Å². The molecule has 1 aliphatic rings. The first-order valence-corrected chi connectivity index (χ1v) is 9.76. The number of aromatic nitrogens is 2. The molecule has 0 saturated carbocycles. The lowest BCUT2D eigenvalue weighted by Crippen LogP contribution is -2.47. The molecule has 1 aromatic heterocycles. The number of piperidine rings is 1. The second-order valence-corrected chi connectivity index (χ2v) is 7.59. The van der Waals surface area contributed by atoms with Crippen LogP contribution in [0, 0.1) is 0 Å². The van der Waals surface area contributed by atoms with Gasteiger partial charge in [0.15, 0.2) is 0 Å². The average Bonchev–Trinajstić information content (AvgIpc) is 2.74. The minimum absolute atomic E-state index is 0.0167. The van der Waals surface area contributed by atoms with Gasteiger partial charge in [0.25, 0.3) is 5.91 Å². The summed E-state index contributed by atoms with van der Waals surface area (Å²) in [5.41, 5.74) is 8.21. The third-order valence-corrected chi connectivity index (χ3v) is 5.44. The van der Waals surface area contributed by atoms with Crippen molar-refractivity contribution in [3.63, 3.8) is 0 Å². The van der Waals surface area contributed by atoms with E-state index in [2.05, 4.69) is 9.97 Å². The summed E-state index contributed by atoms with van der Waals surface area (Å²) in [7, 11) is 0. The SMILES string of the molecule is Nc1cncc(-c2ccc(C(=O)N3CCC(O)(Cc4ccccc4)CC3)cc2)n1. The molecular weight excluding hydrogens is 364 g/mol. The number of aliphatic hydroxyl groups is 1. The minimum Gasteiger partial charge on any atom is -0.389 e. The highest BCUT2D eigenvalue weighted by molar-refractivity contribution is 5.94. The Hall–Kier alpha value is -3.25. The van der Waals surface area contributed by atoms with E-state index in [1.807, 2.05) is 47.4 Å². The lowest BCUT2D eigenvalue weighted by molar-refractivity contribution is -0.0162. The zero-order chi connectivity index (χ0) is 20.3. The molecule has 1 fully saturated rings. The van der Waals surface area contributed by atoms with Crippen LogP contribution < -0.4 is 5.73 Å². The summed E-state index contributed by atoms with van der Waals surface area (Å²) in [4.78, 5) is 23.0. The number of carbonyl (C=O) groups excluding carboxylic acids is 1. The zero-order valence-electron chi connectivity index (χ0n) is 16.2. The number of nitrogens with two attached hydrogens (primary N) is 1. The molecule has 3 aromatic rings. The second kappa shape index (κ2) is 8.01. The van der Waals surface area contributed by atoms with Crippen molar-refractivity contribution in [2.75, 3.05) is 18.8 Å². The molecule has 2 heterocycles. The Kier molecular flexibility index (Phi) is 5.27. The van der Waals surface area contributed by atoms with Crippen molar-refractivity contribution in [3.05, 3.63) is 78.1 Å². The van der Waals surface area contributed by atoms with E-state index in [0.29, 0.717) is 49.4 Å². The summed E-state index contributed by atoms with van der Waals surface area (Å²) in [6.07, 6.45) is 4.91. The van der Waals surface area contributed by atoms with Gasteiger partial charge in [-0.05, 0) is 30.5 Å². The summed E-state index contributed by atoms with van der Waals surface area (Å²) in [5.74, 6) is 0.343. The summed E-state index contributed by atoms with van der Waals surface area (Å²) in [5, 5.41) is 10.9. The average molecular weight is 388 g/mol. The fourth-order valence-electron chi connectivity index (χ4n) is 3.76. The Bertz CT molecular complexity index is 981. The predicted octanol–water partition coefficient (Wildman–Crippen LogP) is 2.94. The standard InChI is InChI=1S/C23H24N4O2/c24-21-16-25-15-20(26-21)18-6-8-19(9-7-18)22(28)27-12-10-23(29,11-13-27)14-17-4-2-1-3-5-17/h1-9,15-16,29H,10-14H2,(H2,24,26). The van der Waals surface area contributed by atoms with Gasteiger partial charge in [0.1, 0.15) is 5.82 Å². The van der Waals surface area contributed by atoms with Crippen LogP contribution in [0.15, 0.2) is 67.0 Å². The first-order valence-electron chi connectivity index (χ1n) is 9.76. The summed E-state index contributed by atoms with van der Waals surface area (Å²) in [6.45, 7) is 1.09. The molecule has 3 N–H and O–H groups in total. The van der Waals surface area contributed by atoms with E-state index in [9.17, 15) is 9.90 Å². The smallest absolute Gasteiger partial charge is 0.253 e. The monoisotopic (exact) mass is 388 g/mol. The molecule has 0 atom stereocenters. The normalized spacial score (nSPS) is 15.8. The van der Waals surface area contributed by atoms with Gasteiger partial charge in [-0.1, -0.05) is 42.5 Å². The number of nitrogens with zero attached hydrogens (tertiary/aromatic N) is 3. The third kappa shape index (κ3) is 4.43. The van der Waals surface area contributed by atoms with Crippen LogP contribution in [-0.4, -0.2) is 44.6 Å². The first kappa shape index (κ1) is 19.1. The van der Waals surface area contributed by atoms with E-state index in [1.54, 1.807) is 18.3 Å². The summed E-state index contributed by atoms with van der Waals surface area (Å²) >= 11 is 0. The Morgan fingerprint density at radius 2 is 1.72 bits per heavy atom. The fraction of sp³-hybridized carbons (Fsp3) is 0.261. The van der Waals surface area contributed by atoms with Gasteiger partial charge in [0.05, 0.1) is 23.7 Å². The molecule has 1 saturated heterocycles. The van der Waals surface area contributed by atoms with Crippen molar-refractivity contribution in [1.29, 1.82) is 0 Å². The van der Waals surface area contributed by atoms with Crippen LogP contribution >= 0.6 is 0 Å². The lowest BCUT2D eigenvalue weighted by Gasteiger charge is -2.38. The number of nitrogen functional groups attached to an aromatic ring is 1. The van der Waals surface area contributed by atoms with Crippen molar-refractivity contribution >= 4 is 11.7 Å². The molecule has 0 aliphatic carbocycles. The number of amides is 1. The van der Waals surface area contributed by atoms with Crippen molar-refractivity contribution in [1.82, 2.24) is 14.9 Å². The molecule has 148 valence electrons. The van der Waals surface area contributed by atoms with Gasteiger partial charge in [0.2, 0.25) is 0 Å². The van der Waals surface area contributed by atoms with Crippen molar-refractivity contribution < 1.29 is 9.90 Å².